The first-order valence-corrected chi connectivity index (χ1v) is 8.31. The van der Waals surface area contributed by atoms with Gasteiger partial charge in [0.25, 0.3) is 0 Å². The van der Waals surface area contributed by atoms with E-state index in [1.165, 1.54) is 6.33 Å². The van der Waals surface area contributed by atoms with E-state index in [2.05, 4.69) is 41.5 Å². The predicted octanol–water partition coefficient (Wildman–Crippen LogP) is 3.58. The summed E-state index contributed by atoms with van der Waals surface area (Å²) in [6, 6.07) is 11.5. The summed E-state index contributed by atoms with van der Waals surface area (Å²) in [6.45, 7) is 0.585. The zero-order chi connectivity index (χ0) is 17.6. The molecule has 128 valence electrons. The summed E-state index contributed by atoms with van der Waals surface area (Å²) in [5.41, 5.74) is 7.68. The van der Waals surface area contributed by atoms with Gasteiger partial charge in [-0.25, -0.2) is 15.0 Å². The van der Waals surface area contributed by atoms with Crippen LogP contribution >= 0.6 is 15.9 Å². The van der Waals surface area contributed by atoms with Gasteiger partial charge in [-0.15, -0.1) is 0 Å². The molecule has 25 heavy (non-hydrogen) atoms. The smallest absolute Gasteiger partial charge is 0.160 e. The van der Waals surface area contributed by atoms with Crippen molar-refractivity contribution < 1.29 is 4.74 Å². The maximum absolute atomic E-state index is 6.16. The lowest BCUT2D eigenvalue weighted by Gasteiger charge is -2.12. The Balaban J connectivity index is 1.70. The van der Waals surface area contributed by atoms with Gasteiger partial charge in [0.05, 0.1) is 7.11 Å². The van der Waals surface area contributed by atoms with Crippen LogP contribution in [0.25, 0.3) is 0 Å². The third-order valence-corrected chi connectivity index (χ3v) is 3.95. The molecule has 4 N–H and O–H groups in total. The lowest BCUT2D eigenvalue weighted by Crippen LogP contribution is -2.08. The fraction of sp³-hybridized carbons (Fsp3) is 0.118. The highest BCUT2D eigenvalue weighted by molar-refractivity contribution is 9.10. The van der Waals surface area contributed by atoms with Crippen LogP contribution in [0.1, 0.15) is 5.56 Å². The van der Waals surface area contributed by atoms with Crippen LogP contribution in [0.4, 0.5) is 23.1 Å². The molecule has 3 rings (SSSR count). The number of hydrogen-bond acceptors (Lipinski definition) is 7. The molecule has 0 fully saturated rings. The molecule has 0 bridgehead atoms. The van der Waals surface area contributed by atoms with Crippen LogP contribution in [0.5, 0.6) is 5.75 Å². The molecule has 0 radical (unpaired) electrons. The molecule has 0 spiro atoms. The van der Waals surface area contributed by atoms with Crippen molar-refractivity contribution in [1.82, 2.24) is 15.0 Å². The Kier molecular flexibility index (Phi) is 5.30. The zero-order valence-corrected chi connectivity index (χ0v) is 15.1. The molecule has 0 saturated carbocycles. The van der Waals surface area contributed by atoms with Crippen LogP contribution in [0.2, 0.25) is 0 Å². The number of hydrogen-bond donors (Lipinski definition) is 3. The van der Waals surface area contributed by atoms with Gasteiger partial charge in [0.15, 0.2) is 11.6 Å². The number of nitrogens with two attached hydrogens (primary N) is 1. The Morgan fingerprint density at radius 3 is 2.48 bits per heavy atom. The van der Waals surface area contributed by atoms with Gasteiger partial charge < -0.3 is 21.1 Å². The number of nitrogens with one attached hydrogen (secondary N) is 2. The standard InChI is InChI=1S/C17H17BrN6O/c1-25-13-5-2-11(3-6-13)8-21-16-15(19)17(23-10-22-16)24-14-7-4-12(18)9-20-14/h2-7,9-10H,8,19H2,1H3,(H2,20,21,22,23,24). The summed E-state index contributed by atoms with van der Waals surface area (Å²) in [6.07, 6.45) is 3.15. The highest BCUT2D eigenvalue weighted by Gasteiger charge is 2.09. The molecule has 0 amide bonds. The number of nitrogen functional groups attached to an aromatic ring is 1. The molecule has 0 unspecified atom stereocenters. The molecule has 0 aliphatic heterocycles. The van der Waals surface area contributed by atoms with Gasteiger partial charge in [0.1, 0.15) is 23.6 Å². The SMILES string of the molecule is COc1ccc(CNc2ncnc(Nc3ccc(Br)cn3)c2N)cc1. The Hall–Kier alpha value is -2.87. The number of methoxy groups -OCH3 is 1. The van der Waals surface area contributed by atoms with Gasteiger partial charge in [-0.2, -0.15) is 0 Å². The lowest BCUT2D eigenvalue weighted by molar-refractivity contribution is 0.414. The summed E-state index contributed by atoms with van der Waals surface area (Å²) in [4.78, 5) is 12.6. The first kappa shape index (κ1) is 17.0. The van der Waals surface area contributed by atoms with E-state index in [0.717, 1.165) is 15.8 Å². The minimum atomic E-state index is 0.431. The van der Waals surface area contributed by atoms with Crippen molar-refractivity contribution in [2.75, 3.05) is 23.5 Å². The van der Waals surface area contributed by atoms with Crippen LogP contribution in [0.15, 0.2) is 53.4 Å². The third-order valence-electron chi connectivity index (χ3n) is 3.48. The lowest BCUT2D eigenvalue weighted by atomic mass is 10.2. The van der Waals surface area contributed by atoms with E-state index in [-0.39, 0.29) is 0 Å². The molecule has 0 aliphatic carbocycles. The molecule has 0 saturated heterocycles. The fourth-order valence-electron chi connectivity index (χ4n) is 2.14. The minimum Gasteiger partial charge on any atom is -0.497 e. The molecule has 7 nitrogen and oxygen atoms in total. The molecule has 8 heteroatoms. The minimum absolute atomic E-state index is 0.431. The number of anilines is 4. The maximum atomic E-state index is 6.16. The Labute approximate surface area is 153 Å². The summed E-state index contributed by atoms with van der Waals surface area (Å²) in [7, 11) is 1.64. The molecular formula is C17H17BrN6O. The second-order valence-electron chi connectivity index (χ2n) is 5.17. The number of benzene rings is 1. The van der Waals surface area contributed by atoms with Gasteiger partial charge >= 0.3 is 0 Å². The maximum Gasteiger partial charge on any atom is 0.160 e. The fourth-order valence-corrected chi connectivity index (χ4v) is 2.37. The van der Waals surface area contributed by atoms with Crippen molar-refractivity contribution in [2.24, 2.45) is 0 Å². The largest absolute Gasteiger partial charge is 0.497 e. The normalized spacial score (nSPS) is 10.3. The first-order chi connectivity index (χ1) is 12.2. The van der Waals surface area contributed by atoms with E-state index in [1.54, 1.807) is 13.3 Å². The van der Waals surface area contributed by atoms with E-state index in [0.29, 0.717) is 29.7 Å². The van der Waals surface area contributed by atoms with Crippen molar-refractivity contribution in [3.8, 4) is 5.75 Å². The number of aromatic nitrogens is 3. The van der Waals surface area contributed by atoms with Crippen molar-refractivity contribution >= 4 is 39.1 Å². The molecule has 2 aromatic heterocycles. The number of pyridine rings is 1. The highest BCUT2D eigenvalue weighted by Crippen LogP contribution is 2.26. The van der Waals surface area contributed by atoms with E-state index < -0.39 is 0 Å². The summed E-state index contributed by atoms with van der Waals surface area (Å²) >= 11 is 3.35. The van der Waals surface area contributed by atoms with Gasteiger partial charge in [-0.05, 0) is 45.8 Å². The number of nitrogens with zero attached hydrogens (tertiary/aromatic N) is 3. The monoisotopic (exact) mass is 400 g/mol. The van der Waals surface area contributed by atoms with Crippen LogP contribution < -0.4 is 21.1 Å². The average molecular weight is 401 g/mol. The first-order valence-electron chi connectivity index (χ1n) is 7.51. The zero-order valence-electron chi connectivity index (χ0n) is 13.5. The molecular weight excluding hydrogens is 384 g/mol. The number of halogens is 1. The van der Waals surface area contributed by atoms with Crippen LogP contribution in [-0.4, -0.2) is 22.1 Å². The van der Waals surface area contributed by atoms with Crippen molar-refractivity contribution in [3.05, 3.63) is 59.0 Å². The van der Waals surface area contributed by atoms with Gasteiger partial charge in [-0.1, -0.05) is 12.1 Å². The van der Waals surface area contributed by atoms with Gasteiger partial charge in [0.2, 0.25) is 0 Å². The van der Waals surface area contributed by atoms with Crippen LogP contribution in [0.3, 0.4) is 0 Å². The Bertz CT molecular complexity index is 839. The summed E-state index contributed by atoms with van der Waals surface area (Å²) < 4.78 is 6.05. The topological polar surface area (TPSA) is 98.0 Å². The number of rotatable bonds is 6. The average Bonchev–Trinajstić information content (AvgIpc) is 2.64. The second-order valence-corrected chi connectivity index (χ2v) is 6.09. The second kappa shape index (κ2) is 7.80. The highest BCUT2D eigenvalue weighted by atomic mass is 79.9. The van der Waals surface area contributed by atoms with E-state index in [9.17, 15) is 0 Å². The van der Waals surface area contributed by atoms with E-state index in [1.807, 2.05) is 36.4 Å². The molecule has 1 aromatic carbocycles. The summed E-state index contributed by atoms with van der Waals surface area (Å²) in [5.74, 6) is 2.53. The van der Waals surface area contributed by atoms with E-state index >= 15 is 0 Å². The quantitative estimate of drug-likeness (QED) is 0.581. The Morgan fingerprint density at radius 1 is 1.04 bits per heavy atom. The van der Waals surface area contributed by atoms with Crippen molar-refractivity contribution in [1.29, 1.82) is 0 Å². The molecule has 0 aliphatic rings. The van der Waals surface area contributed by atoms with Crippen molar-refractivity contribution in [3.63, 3.8) is 0 Å². The third kappa shape index (κ3) is 4.36. The molecule has 0 atom stereocenters. The van der Waals surface area contributed by atoms with Crippen LogP contribution in [-0.2, 0) is 6.54 Å². The van der Waals surface area contributed by atoms with Gasteiger partial charge in [-0.3, -0.25) is 0 Å². The number of ether oxygens (including phenoxy) is 1. The Morgan fingerprint density at radius 2 is 1.80 bits per heavy atom. The predicted molar refractivity (Wildman–Crippen MR) is 102 cm³/mol. The molecule has 2 heterocycles. The van der Waals surface area contributed by atoms with E-state index in [4.69, 9.17) is 10.5 Å². The van der Waals surface area contributed by atoms with Gasteiger partial charge in [0, 0.05) is 17.2 Å². The van der Waals surface area contributed by atoms with Crippen LogP contribution in [0, 0.1) is 0 Å². The molecule has 3 aromatic rings. The summed E-state index contributed by atoms with van der Waals surface area (Å²) in [5, 5.41) is 6.31. The van der Waals surface area contributed by atoms with Crippen molar-refractivity contribution in [2.45, 2.75) is 6.54 Å².